The first kappa shape index (κ1) is 20.4. The molecule has 0 bridgehead atoms. The number of nitrogens with one attached hydrogen (secondary N) is 1. The van der Waals surface area contributed by atoms with Gasteiger partial charge in [-0.3, -0.25) is 0 Å². The van der Waals surface area contributed by atoms with Crippen LogP contribution in [0.25, 0.3) is 0 Å². The van der Waals surface area contributed by atoms with Crippen LogP contribution in [0, 0.1) is 0 Å². The minimum atomic E-state index is -0.435. The Kier molecular flexibility index (Phi) is 6.77. The normalized spacial score (nSPS) is 15.9. The van der Waals surface area contributed by atoms with Crippen molar-refractivity contribution in [1.29, 1.82) is 0 Å². The lowest BCUT2D eigenvalue weighted by Gasteiger charge is -2.19. The van der Waals surface area contributed by atoms with Crippen molar-refractivity contribution in [2.24, 2.45) is 0 Å². The Morgan fingerprint density at radius 3 is 2.61 bits per heavy atom. The summed E-state index contributed by atoms with van der Waals surface area (Å²) in [5, 5.41) is 2.86. The van der Waals surface area contributed by atoms with Crippen LogP contribution in [-0.2, 0) is 17.6 Å². The summed E-state index contributed by atoms with van der Waals surface area (Å²) in [5.41, 5.74) is 5.41. The first-order valence-corrected chi connectivity index (χ1v) is 10.5. The Hall–Kier alpha value is -2.29. The van der Waals surface area contributed by atoms with E-state index in [1.807, 2.05) is 20.8 Å². The Labute approximate surface area is 169 Å². The van der Waals surface area contributed by atoms with Crippen LogP contribution in [-0.4, -0.2) is 18.2 Å². The highest BCUT2D eigenvalue weighted by atomic mass is 16.6. The van der Waals surface area contributed by atoms with E-state index in [1.54, 1.807) is 5.56 Å². The van der Waals surface area contributed by atoms with E-state index in [2.05, 4.69) is 53.8 Å². The number of alkyl carbamates (subject to hydrolysis) is 1. The van der Waals surface area contributed by atoms with Crippen molar-refractivity contribution in [3.8, 4) is 0 Å². The first-order valence-electron chi connectivity index (χ1n) is 10.5. The standard InChI is InChI=1S/C25H33NO2/c1-25(2,3)28-24(27)26-16-8-7-11-21-14-15-22-13-12-20(18-23(21)22)17-19-9-5-4-6-10-19/h4-6,9-10,12-13,18,21H,7-8,11,14-17H2,1-3H3,(H,26,27). The zero-order valence-corrected chi connectivity index (χ0v) is 17.5. The molecule has 0 radical (unpaired) electrons. The highest BCUT2D eigenvalue weighted by Crippen LogP contribution is 2.37. The lowest BCUT2D eigenvalue weighted by Crippen LogP contribution is -2.33. The number of carbonyl (C=O) groups is 1. The van der Waals surface area contributed by atoms with Crippen molar-refractivity contribution < 1.29 is 9.53 Å². The quantitative estimate of drug-likeness (QED) is 0.599. The van der Waals surface area contributed by atoms with Crippen molar-refractivity contribution in [3.05, 3.63) is 70.8 Å². The molecule has 3 rings (SSSR count). The molecule has 2 aromatic carbocycles. The average molecular weight is 380 g/mol. The van der Waals surface area contributed by atoms with Crippen molar-refractivity contribution in [2.75, 3.05) is 6.54 Å². The van der Waals surface area contributed by atoms with Crippen LogP contribution in [0.5, 0.6) is 0 Å². The molecule has 0 aliphatic heterocycles. The van der Waals surface area contributed by atoms with Crippen LogP contribution in [0.15, 0.2) is 48.5 Å². The molecule has 0 saturated heterocycles. The van der Waals surface area contributed by atoms with Crippen LogP contribution >= 0.6 is 0 Å². The molecule has 150 valence electrons. The third-order valence-corrected chi connectivity index (χ3v) is 5.31. The van der Waals surface area contributed by atoms with Gasteiger partial charge in [0.05, 0.1) is 0 Å². The van der Waals surface area contributed by atoms with Gasteiger partial charge in [0, 0.05) is 6.54 Å². The molecule has 2 aromatic rings. The fraction of sp³-hybridized carbons (Fsp3) is 0.480. The third kappa shape index (κ3) is 6.12. The molecule has 1 unspecified atom stereocenters. The van der Waals surface area contributed by atoms with Gasteiger partial charge >= 0.3 is 6.09 Å². The summed E-state index contributed by atoms with van der Waals surface area (Å²) in [6, 6.07) is 17.7. The van der Waals surface area contributed by atoms with Gasteiger partial charge in [-0.1, -0.05) is 55.0 Å². The van der Waals surface area contributed by atoms with Crippen LogP contribution in [0.3, 0.4) is 0 Å². The zero-order valence-electron chi connectivity index (χ0n) is 17.5. The Balaban J connectivity index is 1.46. The van der Waals surface area contributed by atoms with Gasteiger partial charge in [0.1, 0.15) is 5.60 Å². The number of carbonyl (C=O) groups excluding carboxylic acids is 1. The summed E-state index contributed by atoms with van der Waals surface area (Å²) in [7, 11) is 0. The monoisotopic (exact) mass is 379 g/mol. The molecule has 3 nitrogen and oxygen atoms in total. The number of benzene rings is 2. The molecule has 0 aromatic heterocycles. The molecule has 3 heteroatoms. The highest BCUT2D eigenvalue weighted by molar-refractivity contribution is 5.67. The van der Waals surface area contributed by atoms with E-state index >= 15 is 0 Å². The molecule has 0 fully saturated rings. The topological polar surface area (TPSA) is 38.3 Å². The molecule has 1 atom stereocenters. The predicted octanol–water partition coefficient (Wildman–Crippen LogP) is 6.00. The van der Waals surface area contributed by atoms with E-state index in [-0.39, 0.29) is 6.09 Å². The molecular formula is C25H33NO2. The van der Waals surface area contributed by atoms with Gasteiger partial charge < -0.3 is 10.1 Å². The number of aryl methyl sites for hydroxylation is 1. The summed E-state index contributed by atoms with van der Waals surface area (Å²) in [6.07, 6.45) is 6.45. The number of amides is 1. The summed E-state index contributed by atoms with van der Waals surface area (Å²) >= 11 is 0. The first-order chi connectivity index (χ1) is 13.4. The summed E-state index contributed by atoms with van der Waals surface area (Å²) < 4.78 is 5.28. The molecule has 28 heavy (non-hydrogen) atoms. The molecular weight excluding hydrogens is 346 g/mol. The molecule has 1 aliphatic carbocycles. The minimum absolute atomic E-state index is 0.315. The fourth-order valence-electron chi connectivity index (χ4n) is 4.00. The fourth-order valence-corrected chi connectivity index (χ4v) is 4.00. The van der Waals surface area contributed by atoms with Crippen LogP contribution < -0.4 is 5.32 Å². The lowest BCUT2D eigenvalue weighted by molar-refractivity contribution is 0.0527. The molecule has 1 amide bonds. The highest BCUT2D eigenvalue weighted by Gasteiger charge is 2.22. The van der Waals surface area contributed by atoms with Crippen molar-refractivity contribution >= 4 is 6.09 Å². The number of rotatable bonds is 7. The lowest BCUT2D eigenvalue weighted by atomic mass is 9.93. The van der Waals surface area contributed by atoms with Crippen LogP contribution in [0.2, 0.25) is 0 Å². The largest absolute Gasteiger partial charge is 0.444 e. The Morgan fingerprint density at radius 2 is 1.86 bits per heavy atom. The number of hydrogen-bond acceptors (Lipinski definition) is 2. The maximum absolute atomic E-state index is 11.7. The minimum Gasteiger partial charge on any atom is -0.444 e. The molecule has 1 N–H and O–H groups in total. The van der Waals surface area contributed by atoms with Gasteiger partial charge in [0.2, 0.25) is 0 Å². The predicted molar refractivity (Wildman–Crippen MR) is 115 cm³/mol. The van der Waals surface area contributed by atoms with Gasteiger partial charge in [-0.2, -0.15) is 0 Å². The van der Waals surface area contributed by atoms with Gasteiger partial charge in [-0.05, 0) is 81.0 Å². The second kappa shape index (κ2) is 9.27. The van der Waals surface area contributed by atoms with E-state index in [0.717, 1.165) is 19.3 Å². The van der Waals surface area contributed by atoms with E-state index in [1.165, 1.54) is 36.0 Å². The smallest absolute Gasteiger partial charge is 0.407 e. The van der Waals surface area contributed by atoms with Gasteiger partial charge in [-0.15, -0.1) is 0 Å². The zero-order chi connectivity index (χ0) is 20.0. The van der Waals surface area contributed by atoms with E-state index in [4.69, 9.17) is 4.74 Å². The number of hydrogen-bond donors (Lipinski definition) is 1. The summed E-state index contributed by atoms with van der Waals surface area (Å²) in [6.45, 7) is 6.34. The molecule has 0 saturated carbocycles. The SMILES string of the molecule is CC(C)(C)OC(=O)NCCCCC1CCc2ccc(Cc3ccccc3)cc21. The summed E-state index contributed by atoms with van der Waals surface area (Å²) in [4.78, 5) is 11.7. The second-order valence-corrected chi connectivity index (χ2v) is 8.86. The van der Waals surface area contributed by atoms with E-state index in [9.17, 15) is 4.79 Å². The Morgan fingerprint density at radius 1 is 1.07 bits per heavy atom. The van der Waals surface area contributed by atoms with Crippen molar-refractivity contribution in [3.63, 3.8) is 0 Å². The maximum Gasteiger partial charge on any atom is 0.407 e. The number of unbranched alkanes of at least 4 members (excludes halogenated alkanes) is 1. The van der Waals surface area contributed by atoms with Gasteiger partial charge in [-0.25, -0.2) is 4.79 Å². The van der Waals surface area contributed by atoms with Crippen molar-refractivity contribution in [2.45, 2.75) is 70.8 Å². The van der Waals surface area contributed by atoms with Gasteiger partial charge in [0.15, 0.2) is 0 Å². The van der Waals surface area contributed by atoms with Crippen molar-refractivity contribution in [1.82, 2.24) is 5.32 Å². The average Bonchev–Trinajstić information content (AvgIpc) is 3.03. The Bertz CT molecular complexity index is 777. The maximum atomic E-state index is 11.7. The van der Waals surface area contributed by atoms with Crippen LogP contribution in [0.4, 0.5) is 4.79 Å². The molecule has 0 heterocycles. The second-order valence-electron chi connectivity index (χ2n) is 8.86. The molecule has 0 spiro atoms. The van der Waals surface area contributed by atoms with E-state index in [0.29, 0.717) is 12.5 Å². The van der Waals surface area contributed by atoms with E-state index < -0.39 is 5.60 Å². The molecule has 1 aliphatic rings. The third-order valence-electron chi connectivity index (χ3n) is 5.31. The van der Waals surface area contributed by atoms with Crippen LogP contribution in [0.1, 0.15) is 74.6 Å². The number of ether oxygens (including phenoxy) is 1. The van der Waals surface area contributed by atoms with Gasteiger partial charge in [0.25, 0.3) is 0 Å². The summed E-state index contributed by atoms with van der Waals surface area (Å²) in [5.74, 6) is 0.659. The number of fused-ring (bicyclic) bond motifs is 1.